The lowest BCUT2D eigenvalue weighted by atomic mass is 9.83. The fourth-order valence-electron chi connectivity index (χ4n) is 3.59. The van der Waals surface area contributed by atoms with E-state index in [2.05, 4.69) is 15.9 Å². The molecule has 0 N–H and O–H groups in total. The van der Waals surface area contributed by atoms with Gasteiger partial charge in [0, 0.05) is 36.0 Å². The number of hydrogen-bond acceptors (Lipinski definition) is 3. The summed E-state index contributed by atoms with van der Waals surface area (Å²) in [6.45, 7) is 1.14. The summed E-state index contributed by atoms with van der Waals surface area (Å²) >= 11 is 3.44. The summed E-state index contributed by atoms with van der Waals surface area (Å²) in [6.07, 6.45) is 1.26. The van der Waals surface area contributed by atoms with Crippen molar-refractivity contribution in [1.29, 1.82) is 0 Å². The van der Waals surface area contributed by atoms with Crippen LogP contribution in [0.3, 0.4) is 0 Å². The number of rotatable bonds is 1. The molecule has 0 aliphatic carbocycles. The fourth-order valence-corrected chi connectivity index (χ4v) is 4.05. The van der Waals surface area contributed by atoms with Gasteiger partial charge in [-0.25, -0.2) is 4.79 Å². The molecule has 2 aliphatic heterocycles. The molecule has 5 heteroatoms. The van der Waals surface area contributed by atoms with Crippen molar-refractivity contribution < 1.29 is 14.3 Å². The Balaban J connectivity index is 1.55. The zero-order valence-corrected chi connectivity index (χ0v) is 14.6. The van der Waals surface area contributed by atoms with Gasteiger partial charge in [0.25, 0.3) is 5.91 Å². The van der Waals surface area contributed by atoms with Gasteiger partial charge >= 0.3 is 5.97 Å². The van der Waals surface area contributed by atoms with Gasteiger partial charge in [0.05, 0.1) is 11.1 Å². The molecule has 2 heterocycles. The van der Waals surface area contributed by atoms with E-state index in [1.54, 1.807) is 0 Å². The number of hydrogen-bond donors (Lipinski definition) is 0. The molecule has 0 radical (unpaired) electrons. The number of likely N-dealkylation sites (tertiary alicyclic amines) is 1. The second kappa shape index (κ2) is 5.74. The van der Waals surface area contributed by atoms with E-state index >= 15 is 0 Å². The van der Waals surface area contributed by atoms with Crippen LogP contribution in [-0.2, 0) is 10.3 Å². The van der Waals surface area contributed by atoms with Crippen LogP contribution in [0, 0.1) is 0 Å². The van der Waals surface area contributed by atoms with Gasteiger partial charge in [-0.05, 0) is 34.1 Å². The average molecular weight is 386 g/mol. The predicted octanol–water partition coefficient (Wildman–Crippen LogP) is 3.75. The first-order valence-corrected chi connectivity index (χ1v) is 8.77. The number of ether oxygens (including phenoxy) is 1. The van der Waals surface area contributed by atoms with Gasteiger partial charge < -0.3 is 9.64 Å². The lowest BCUT2D eigenvalue weighted by Crippen LogP contribution is -2.45. The fraction of sp³-hybridized carbons (Fsp3) is 0.263. The Labute approximate surface area is 148 Å². The van der Waals surface area contributed by atoms with Gasteiger partial charge in [-0.15, -0.1) is 0 Å². The van der Waals surface area contributed by atoms with Crippen LogP contribution in [-0.4, -0.2) is 29.9 Å². The molecule has 24 heavy (non-hydrogen) atoms. The van der Waals surface area contributed by atoms with Crippen LogP contribution in [0.15, 0.2) is 53.0 Å². The molecule has 1 fully saturated rings. The van der Waals surface area contributed by atoms with Crippen molar-refractivity contribution in [3.8, 4) is 0 Å². The van der Waals surface area contributed by atoms with E-state index in [4.69, 9.17) is 4.74 Å². The Morgan fingerprint density at radius 3 is 2.46 bits per heavy atom. The number of fused-ring (bicyclic) bond motifs is 2. The standard InChI is InChI=1S/C19H16BrNO3/c20-16-8-4-2-6-14(16)17(22)21-11-9-19(10-12-21)15-7-3-1-5-13(15)18(23)24-19/h1-8H,9-12H2. The molecule has 2 aromatic rings. The van der Waals surface area contributed by atoms with Crippen molar-refractivity contribution in [2.24, 2.45) is 0 Å². The zero-order valence-electron chi connectivity index (χ0n) is 13.0. The third-order valence-corrected chi connectivity index (χ3v) is 5.58. The van der Waals surface area contributed by atoms with Gasteiger partial charge in [-0.1, -0.05) is 30.3 Å². The Kier molecular flexibility index (Phi) is 3.68. The van der Waals surface area contributed by atoms with Crippen molar-refractivity contribution in [3.05, 3.63) is 69.7 Å². The molecule has 0 bridgehead atoms. The Morgan fingerprint density at radius 2 is 1.71 bits per heavy atom. The van der Waals surface area contributed by atoms with Gasteiger partial charge in [0.15, 0.2) is 0 Å². The highest BCUT2D eigenvalue weighted by molar-refractivity contribution is 9.10. The maximum atomic E-state index is 12.7. The molecule has 122 valence electrons. The molecule has 0 atom stereocenters. The Hall–Kier alpha value is -2.14. The van der Waals surface area contributed by atoms with E-state index in [-0.39, 0.29) is 11.9 Å². The summed E-state index contributed by atoms with van der Waals surface area (Å²) in [4.78, 5) is 26.7. The van der Waals surface area contributed by atoms with Crippen LogP contribution in [0.2, 0.25) is 0 Å². The Bertz CT molecular complexity index is 825. The second-order valence-corrected chi connectivity index (χ2v) is 7.06. The number of piperidine rings is 1. The summed E-state index contributed by atoms with van der Waals surface area (Å²) in [5, 5.41) is 0. The topological polar surface area (TPSA) is 46.6 Å². The highest BCUT2D eigenvalue weighted by Gasteiger charge is 2.47. The summed E-state index contributed by atoms with van der Waals surface area (Å²) < 4.78 is 6.53. The number of nitrogens with zero attached hydrogens (tertiary/aromatic N) is 1. The van der Waals surface area contributed by atoms with E-state index in [1.165, 1.54) is 0 Å². The highest BCUT2D eigenvalue weighted by atomic mass is 79.9. The lowest BCUT2D eigenvalue weighted by Gasteiger charge is -2.38. The molecule has 0 aromatic heterocycles. The van der Waals surface area contributed by atoms with Crippen LogP contribution >= 0.6 is 15.9 Å². The minimum atomic E-state index is -0.571. The Morgan fingerprint density at radius 1 is 1.04 bits per heavy atom. The monoisotopic (exact) mass is 385 g/mol. The van der Waals surface area contributed by atoms with Crippen LogP contribution in [0.4, 0.5) is 0 Å². The van der Waals surface area contributed by atoms with Gasteiger partial charge in [0.2, 0.25) is 0 Å². The number of esters is 1. The van der Waals surface area contributed by atoms with E-state index < -0.39 is 5.60 Å². The first-order chi connectivity index (χ1) is 11.6. The molecule has 1 amide bonds. The molecule has 1 saturated heterocycles. The molecular weight excluding hydrogens is 370 g/mol. The van der Waals surface area contributed by atoms with E-state index in [9.17, 15) is 9.59 Å². The maximum absolute atomic E-state index is 12.7. The average Bonchev–Trinajstić information content (AvgIpc) is 2.88. The zero-order chi connectivity index (χ0) is 16.7. The number of amides is 1. The minimum Gasteiger partial charge on any atom is -0.450 e. The normalized spacial score (nSPS) is 18.4. The first kappa shape index (κ1) is 15.4. The smallest absolute Gasteiger partial charge is 0.339 e. The van der Waals surface area contributed by atoms with E-state index in [0.29, 0.717) is 37.1 Å². The van der Waals surface area contributed by atoms with Crippen molar-refractivity contribution >= 4 is 27.8 Å². The summed E-state index contributed by atoms with van der Waals surface area (Å²) in [7, 11) is 0. The van der Waals surface area contributed by atoms with E-state index in [0.717, 1.165) is 10.0 Å². The van der Waals surface area contributed by atoms with Crippen molar-refractivity contribution in [2.45, 2.75) is 18.4 Å². The van der Waals surface area contributed by atoms with Crippen LogP contribution < -0.4 is 0 Å². The van der Waals surface area contributed by atoms with Gasteiger partial charge in [-0.3, -0.25) is 4.79 Å². The largest absolute Gasteiger partial charge is 0.450 e. The SMILES string of the molecule is O=C1OC2(CCN(C(=O)c3ccccc3Br)CC2)c2ccccc21. The molecule has 1 spiro atoms. The summed E-state index contributed by atoms with van der Waals surface area (Å²) in [6, 6.07) is 15.0. The van der Waals surface area contributed by atoms with Crippen LogP contribution in [0.5, 0.6) is 0 Å². The second-order valence-electron chi connectivity index (χ2n) is 6.20. The minimum absolute atomic E-state index is 0.00920. The third-order valence-electron chi connectivity index (χ3n) is 4.89. The lowest BCUT2D eigenvalue weighted by molar-refractivity contribution is -0.0389. The molecule has 4 nitrogen and oxygen atoms in total. The third kappa shape index (κ3) is 2.35. The predicted molar refractivity (Wildman–Crippen MR) is 92.8 cm³/mol. The molecule has 0 saturated carbocycles. The molecule has 2 aliphatic rings. The number of benzene rings is 2. The van der Waals surface area contributed by atoms with Crippen molar-refractivity contribution in [3.63, 3.8) is 0 Å². The van der Waals surface area contributed by atoms with Crippen molar-refractivity contribution in [1.82, 2.24) is 4.90 Å². The van der Waals surface area contributed by atoms with Crippen LogP contribution in [0.1, 0.15) is 39.1 Å². The quantitative estimate of drug-likeness (QED) is 0.702. The maximum Gasteiger partial charge on any atom is 0.339 e. The molecule has 0 unspecified atom stereocenters. The summed E-state index contributed by atoms with van der Waals surface area (Å²) in [5.74, 6) is -0.244. The number of carbonyl (C=O) groups is 2. The summed E-state index contributed by atoms with van der Waals surface area (Å²) in [5.41, 5.74) is 1.71. The molecule has 4 rings (SSSR count). The highest BCUT2D eigenvalue weighted by Crippen LogP contribution is 2.44. The van der Waals surface area contributed by atoms with Gasteiger partial charge in [0.1, 0.15) is 5.60 Å². The number of carbonyl (C=O) groups excluding carboxylic acids is 2. The van der Waals surface area contributed by atoms with E-state index in [1.807, 2.05) is 53.4 Å². The van der Waals surface area contributed by atoms with Crippen molar-refractivity contribution in [2.75, 3.05) is 13.1 Å². The molecule has 2 aromatic carbocycles. The molecular formula is C19H16BrNO3. The number of halogens is 1. The van der Waals surface area contributed by atoms with Crippen LogP contribution in [0.25, 0.3) is 0 Å². The van der Waals surface area contributed by atoms with Gasteiger partial charge in [-0.2, -0.15) is 0 Å². The first-order valence-electron chi connectivity index (χ1n) is 7.97.